The number of hydrogen-bond acceptors (Lipinski definition) is 1. The zero-order valence-corrected chi connectivity index (χ0v) is 10.7. The number of aryl methyl sites for hydroxylation is 1. The molecule has 1 aromatic carbocycles. The van der Waals surface area contributed by atoms with Gasteiger partial charge in [0.05, 0.1) is 0 Å². The molecule has 0 aliphatic heterocycles. The van der Waals surface area contributed by atoms with Crippen LogP contribution in [-0.4, -0.2) is 13.6 Å². The molecule has 1 N–H and O–H groups in total. The van der Waals surface area contributed by atoms with E-state index in [2.05, 4.69) is 21.2 Å². The van der Waals surface area contributed by atoms with Gasteiger partial charge < -0.3 is 5.32 Å². The van der Waals surface area contributed by atoms with Crippen LogP contribution in [0.25, 0.3) is 0 Å². The Morgan fingerprint density at radius 2 is 2.14 bits per heavy atom. The molecule has 78 valence electrons. The van der Waals surface area contributed by atoms with Gasteiger partial charge in [-0.2, -0.15) is 0 Å². The van der Waals surface area contributed by atoms with Crippen molar-refractivity contribution in [1.82, 2.24) is 5.32 Å². The largest absolute Gasteiger partial charge is 0.320 e. The van der Waals surface area contributed by atoms with E-state index in [9.17, 15) is 0 Å². The Morgan fingerprint density at radius 3 is 2.86 bits per heavy atom. The minimum atomic E-state index is 0.816. The number of benzene rings is 1. The third-order valence-electron chi connectivity index (χ3n) is 2.13. The smallest absolute Gasteiger partial charge is 0.0409 e. The van der Waals surface area contributed by atoms with Crippen LogP contribution in [0.3, 0.4) is 0 Å². The summed E-state index contributed by atoms with van der Waals surface area (Å²) in [5.74, 6) is 0. The van der Waals surface area contributed by atoms with Crippen LogP contribution in [0.2, 0.25) is 5.02 Å². The lowest BCUT2D eigenvalue weighted by atomic mass is 10.1. The van der Waals surface area contributed by atoms with Gasteiger partial charge in [-0.25, -0.2) is 0 Å². The van der Waals surface area contributed by atoms with Gasteiger partial charge in [0.1, 0.15) is 0 Å². The summed E-state index contributed by atoms with van der Waals surface area (Å²) >= 11 is 9.45. The summed E-state index contributed by atoms with van der Waals surface area (Å²) in [6.07, 6.45) is 3.48. The molecular weight excluding hydrogens is 261 g/mol. The van der Waals surface area contributed by atoms with E-state index in [0.717, 1.165) is 22.5 Å². The van der Waals surface area contributed by atoms with Crippen molar-refractivity contribution in [3.63, 3.8) is 0 Å². The van der Waals surface area contributed by atoms with Gasteiger partial charge in [-0.05, 0) is 56.6 Å². The van der Waals surface area contributed by atoms with E-state index in [0.29, 0.717) is 0 Å². The highest BCUT2D eigenvalue weighted by molar-refractivity contribution is 9.10. The lowest BCUT2D eigenvalue weighted by molar-refractivity contribution is 0.676. The quantitative estimate of drug-likeness (QED) is 0.810. The summed E-state index contributed by atoms with van der Waals surface area (Å²) in [6, 6.07) is 5.95. The van der Waals surface area contributed by atoms with Gasteiger partial charge in [-0.3, -0.25) is 0 Å². The van der Waals surface area contributed by atoms with Crippen LogP contribution in [0.5, 0.6) is 0 Å². The van der Waals surface area contributed by atoms with Crippen LogP contribution in [0.4, 0.5) is 0 Å². The molecule has 14 heavy (non-hydrogen) atoms. The van der Waals surface area contributed by atoms with E-state index >= 15 is 0 Å². The van der Waals surface area contributed by atoms with E-state index in [1.54, 1.807) is 0 Å². The van der Waals surface area contributed by atoms with Crippen LogP contribution in [0.1, 0.15) is 18.4 Å². The summed E-state index contributed by atoms with van der Waals surface area (Å²) in [6.45, 7) is 1.08. The fraction of sp³-hybridized carbons (Fsp3) is 0.455. The summed E-state index contributed by atoms with van der Waals surface area (Å²) in [5, 5.41) is 3.96. The molecule has 0 aromatic heterocycles. The molecule has 1 nitrogen and oxygen atoms in total. The molecule has 3 heteroatoms. The van der Waals surface area contributed by atoms with Crippen molar-refractivity contribution in [3.05, 3.63) is 33.3 Å². The molecule has 0 aliphatic carbocycles. The topological polar surface area (TPSA) is 12.0 Å². The number of halogens is 2. The third kappa shape index (κ3) is 3.99. The fourth-order valence-electron chi connectivity index (χ4n) is 1.35. The normalized spacial score (nSPS) is 10.5. The van der Waals surface area contributed by atoms with Crippen molar-refractivity contribution >= 4 is 27.5 Å². The number of rotatable bonds is 5. The van der Waals surface area contributed by atoms with Crippen LogP contribution in [0.15, 0.2) is 22.7 Å². The summed E-state index contributed by atoms with van der Waals surface area (Å²) < 4.78 is 1.16. The standard InChI is InChI=1S/C11H15BrClN/c1-14-7-3-2-4-9-8-10(13)5-6-11(9)12/h5-6,8,14H,2-4,7H2,1H3. The zero-order chi connectivity index (χ0) is 10.4. The second-order valence-electron chi connectivity index (χ2n) is 3.30. The summed E-state index contributed by atoms with van der Waals surface area (Å²) in [5.41, 5.74) is 1.30. The number of hydrogen-bond donors (Lipinski definition) is 1. The van der Waals surface area contributed by atoms with E-state index in [4.69, 9.17) is 11.6 Å². The van der Waals surface area contributed by atoms with Crippen molar-refractivity contribution in [2.45, 2.75) is 19.3 Å². The molecule has 0 saturated carbocycles. The molecular formula is C11H15BrClN. The first kappa shape index (κ1) is 12.0. The van der Waals surface area contributed by atoms with Crippen LogP contribution in [0, 0.1) is 0 Å². The molecule has 1 rings (SSSR count). The van der Waals surface area contributed by atoms with Gasteiger partial charge in [0.15, 0.2) is 0 Å². The highest BCUT2D eigenvalue weighted by Crippen LogP contribution is 2.22. The maximum atomic E-state index is 5.92. The molecule has 0 saturated heterocycles. The molecule has 0 bridgehead atoms. The van der Waals surface area contributed by atoms with Crippen molar-refractivity contribution < 1.29 is 0 Å². The predicted molar refractivity (Wildman–Crippen MR) is 66.0 cm³/mol. The van der Waals surface area contributed by atoms with Crippen LogP contribution < -0.4 is 5.32 Å². The Morgan fingerprint density at radius 1 is 1.36 bits per heavy atom. The second-order valence-corrected chi connectivity index (χ2v) is 4.59. The lowest BCUT2D eigenvalue weighted by Crippen LogP contribution is -2.07. The van der Waals surface area contributed by atoms with Gasteiger partial charge in [0, 0.05) is 9.50 Å². The number of unbranched alkanes of at least 4 members (excludes halogenated alkanes) is 1. The average molecular weight is 277 g/mol. The Labute approximate surface area is 99.0 Å². The van der Waals surface area contributed by atoms with Crippen molar-refractivity contribution in [1.29, 1.82) is 0 Å². The van der Waals surface area contributed by atoms with Gasteiger partial charge in [-0.1, -0.05) is 27.5 Å². The minimum Gasteiger partial charge on any atom is -0.320 e. The lowest BCUT2D eigenvalue weighted by Gasteiger charge is -2.04. The van der Waals surface area contributed by atoms with E-state index in [-0.39, 0.29) is 0 Å². The molecule has 0 spiro atoms. The van der Waals surface area contributed by atoms with Gasteiger partial charge in [0.2, 0.25) is 0 Å². The van der Waals surface area contributed by atoms with E-state index < -0.39 is 0 Å². The average Bonchev–Trinajstić information content (AvgIpc) is 2.18. The molecule has 0 amide bonds. The van der Waals surface area contributed by atoms with E-state index in [1.807, 2.05) is 25.2 Å². The van der Waals surface area contributed by atoms with Crippen LogP contribution in [-0.2, 0) is 6.42 Å². The maximum Gasteiger partial charge on any atom is 0.0409 e. The predicted octanol–water partition coefficient (Wildman–Crippen LogP) is 3.64. The SMILES string of the molecule is CNCCCCc1cc(Cl)ccc1Br. The molecule has 0 radical (unpaired) electrons. The molecule has 0 heterocycles. The van der Waals surface area contributed by atoms with Gasteiger partial charge in [0.25, 0.3) is 0 Å². The molecule has 0 fully saturated rings. The number of nitrogens with one attached hydrogen (secondary N) is 1. The Balaban J connectivity index is 2.45. The first-order chi connectivity index (χ1) is 6.74. The molecule has 1 aromatic rings. The Kier molecular flexibility index (Phi) is 5.53. The first-order valence-corrected chi connectivity index (χ1v) is 5.99. The van der Waals surface area contributed by atoms with Crippen molar-refractivity contribution in [2.24, 2.45) is 0 Å². The zero-order valence-electron chi connectivity index (χ0n) is 8.32. The monoisotopic (exact) mass is 275 g/mol. The summed E-state index contributed by atoms with van der Waals surface area (Å²) in [4.78, 5) is 0. The van der Waals surface area contributed by atoms with Crippen LogP contribution >= 0.6 is 27.5 Å². The third-order valence-corrected chi connectivity index (χ3v) is 3.14. The van der Waals surface area contributed by atoms with Gasteiger partial charge in [-0.15, -0.1) is 0 Å². The minimum absolute atomic E-state index is 0.816. The molecule has 0 atom stereocenters. The highest BCUT2D eigenvalue weighted by Gasteiger charge is 2.00. The van der Waals surface area contributed by atoms with Gasteiger partial charge >= 0.3 is 0 Å². The Hall–Kier alpha value is -0.0500. The second kappa shape index (κ2) is 6.44. The van der Waals surface area contributed by atoms with E-state index in [1.165, 1.54) is 18.4 Å². The first-order valence-electron chi connectivity index (χ1n) is 4.82. The highest BCUT2D eigenvalue weighted by atomic mass is 79.9. The fourth-order valence-corrected chi connectivity index (χ4v) is 1.99. The maximum absolute atomic E-state index is 5.92. The molecule has 0 unspecified atom stereocenters. The van der Waals surface area contributed by atoms with Crippen molar-refractivity contribution in [3.8, 4) is 0 Å². The molecule has 0 aliphatic rings. The summed E-state index contributed by atoms with van der Waals surface area (Å²) in [7, 11) is 1.98. The van der Waals surface area contributed by atoms with Crippen molar-refractivity contribution in [2.75, 3.05) is 13.6 Å². The Bertz CT molecular complexity index is 289.